The summed E-state index contributed by atoms with van der Waals surface area (Å²) in [5.41, 5.74) is 10.5. The first kappa shape index (κ1) is 20.2. The molecule has 31 heavy (non-hydrogen) atoms. The molecular weight excluding hydrogens is 382 g/mol. The van der Waals surface area contributed by atoms with Gasteiger partial charge in [0.15, 0.2) is 5.65 Å². The van der Waals surface area contributed by atoms with Gasteiger partial charge >= 0.3 is 0 Å². The van der Waals surface area contributed by atoms with Crippen LogP contribution in [0.3, 0.4) is 0 Å². The van der Waals surface area contributed by atoms with E-state index in [1.807, 2.05) is 4.52 Å². The quantitative estimate of drug-likeness (QED) is 0.403. The largest absolute Gasteiger partial charge is 0.353 e. The summed E-state index contributed by atoms with van der Waals surface area (Å²) in [6.45, 7) is 11.2. The zero-order chi connectivity index (χ0) is 21.7. The first-order valence-electron chi connectivity index (χ1n) is 11.8. The maximum Gasteiger partial charge on any atom is 0.158 e. The lowest BCUT2D eigenvalue weighted by atomic mass is 9.79. The number of fused-ring (bicyclic) bond motifs is 2. The highest BCUT2D eigenvalue weighted by atomic mass is 15.3. The standard InChI is InChI=1S/C26H33N5/c1-6-18-7-9-19(10-8-18)21-11-12-22-25(29-21)23(15(2)3)24(30-22)20-13-31-26(27-14-28-31)17(5)16(20)4/h11-15,18-19,30H,6-10H2,1-5H3. The summed E-state index contributed by atoms with van der Waals surface area (Å²) in [6.07, 6.45) is 10.3. The molecule has 5 rings (SSSR count). The minimum absolute atomic E-state index is 0.369. The van der Waals surface area contributed by atoms with Crippen molar-refractivity contribution in [3.05, 3.63) is 47.0 Å². The van der Waals surface area contributed by atoms with Crippen molar-refractivity contribution >= 4 is 16.7 Å². The van der Waals surface area contributed by atoms with Gasteiger partial charge in [-0.25, -0.2) is 9.50 Å². The lowest BCUT2D eigenvalue weighted by molar-refractivity contribution is 0.316. The van der Waals surface area contributed by atoms with Crippen molar-refractivity contribution in [2.24, 2.45) is 5.92 Å². The van der Waals surface area contributed by atoms with Gasteiger partial charge < -0.3 is 4.98 Å². The maximum atomic E-state index is 5.26. The molecule has 0 atom stereocenters. The van der Waals surface area contributed by atoms with Crippen LogP contribution in [0.15, 0.2) is 24.7 Å². The number of rotatable bonds is 4. The van der Waals surface area contributed by atoms with Crippen molar-refractivity contribution in [1.82, 2.24) is 24.6 Å². The molecule has 1 aliphatic rings. The fourth-order valence-electron chi connectivity index (χ4n) is 5.42. The van der Waals surface area contributed by atoms with E-state index >= 15 is 0 Å². The van der Waals surface area contributed by atoms with Crippen LogP contribution in [-0.4, -0.2) is 24.6 Å². The van der Waals surface area contributed by atoms with Gasteiger partial charge in [0.2, 0.25) is 0 Å². The Kier molecular flexibility index (Phi) is 5.07. The summed E-state index contributed by atoms with van der Waals surface area (Å²) in [5.74, 6) is 1.87. The van der Waals surface area contributed by atoms with Gasteiger partial charge in [0, 0.05) is 28.9 Å². The average Bonchev–Trinajstić information content (AvgIpc) is 3.40. The summed E-state index contributed by atoms with van der Waals surface area (Å²) in [5, 5.41) is 4.40. The first-order valence-corrected chi connectivity index (χ1v) is 11.8. The van der Waals surface area contributed by atoms with E-state index in [-0.39, 0.29) is 0 Å². The van der Waals surface area contributed by atoms with Crippen LogP contribution in [0.2, 0.25) is 0 Å². The van der Waals surface area contributed by atoms with E-state index in [1.165, 1.54) is 65.7 Å². The second-order valence-electron chi connectivity index (χ2n) is 9.65. The van der Waals surface area contributed by atoms with Crippen molar-refractivity contribution in [2.45, 2.75) is 78.6 Å². The number of H-pyrrole nitrogens is 1. The molecule has 4 aromatic heterocycles. The molecule has 5 heteroatoms. The van der Waals surface area contributed by atoms with E-state index in [0.29, 0.717) is 11.8 Å². The smallest absolute Gasteiger partial charge is 0.158 e. The van der Waals surface area contributed by atoms with E-state index in [2.05, 4.69) is 68.0 Å². The molecular formula is C26H33N5. The van der Waals surface area contributed by atoms with Gasteiger partial charge in [-0.15, -0.1) is 0 Å². The molecule has 1 aliphatic carbocycles. The molecule has 1 fully saturated rings. The number of hydrogen-bond donors (Lipinski definition) is 1. The third-order valence-electron chi connectivity index (χ3n) is 7.52. The molecule has 0 saturated heterocycles. The van der Waals surface area contributed by atoms with Crippen LogP contribution in [0, 0.1) is 19.8 Å². The number of hydrogen-bond acceptors (Lipinski definition) is 3. The van der Waals surface area contributed by atoms with Gasteiger partial charge in [0.25, 0.3) is 0 Å². The van der Waals surface area contributed by atoms with Crippen LogP contribution in [0.4, 0.5) is 0 Å². The second-order valence-corrected chi connectivity index (χ2v) is 9.65. The highest BCUT2D eigenvalue weighted by Crippen LogP contribution is 2.40. The van der Waals surface area contributed by atoms with Crippen LogP contribution in [0.5, 0.6) is 0 Å². The SMILES string of the molecule is CCC1CCC(c2ccc3[nH]c(-c4cn5ncnc5c(C)c4C)c(C(C)C)c3n2)CC1. The minimum atomic E-state index is 0.369. The Labute approximate surface area is 184 Å². The van der Waals surface area contributed by atoms with Gasteiger partial charge in [-0.05, 0) is 74.6 Å². The summed E-state index contributed by atoms with van der Waals surface area (Å²) in [6, 6.07) is 4.50. The number of nitrogens with one attached hydrogen (secondary N) is 1. The van der Waals surface area contributed by atoms with Crippen LogP contribution in [0.25, 0.3) is 27.9 Å². The summed E-state index contributed by atoms with van der Waals surface area (Å²) in [7, 11) is 0. The molecule has 0 radical (unpaired) electrons. The van der Waals surface area contributed by atoms with Crippen molar-refractivity contribution in [3.63, 3.8) is 0 Å². The number of aryl methyl sites for hydroxylation is 1. The predicted octanol–water partition coefficient (Wildman–Crippen LogP) is 6.70. The normalized spacial score (nSPS) is 19.7. The van der Waals surface area contributed by atoms with Gasteiger partial charge in [-0.2, -0.15) is 5.10 Å². The van der Waals surface area contributed by atoms with Crippen molar-refractivity contribution < 1.29 is 0 Å². The Morgan fingerprint density at radius 2 is 1.87 bits per heavy atom. The van der Waals surface area contributed by atoms with Crippen molar-refractivity contribution in [3.8, 4) is 11.3 Å². The lowest BCUT2D eigenvalue weighted by Gasteiger charge is -2.27. The Bertz CT molecular complexity index is 1240. The predicted molar refractivity (Wildman–Crippen MR) is 127 cm³/mol. The van der Waals surface area contributed by atoms with E-state index in [4.69, 9.17) is 4.98 Å². The second kappa shape index (κ2) is 7.77. The summed E-state index contributed by atoms with van der Waals surface area (Å²) in [4.78, 5) is 13.4. The molecule has 5 nitrogen and oxygen atoms in total. The molecule has 0 unspecified atom stereocenters. The molecule has 1 saturated carbocycles. The molecule has 0 amide bonds. The van der Waals surface area contributed by atoms with E-state index < -0.39 is 0 Å². The number of aromatic nitrogens is 5. The Morgan fingerprint density at radius 3 is 2.58 bits per heavy atom. The molecule has 0 spiro atoms. The van der Waals surface area contributed by atoms with Crippen molar-refractivity contribution in [2.75, 3.05) is 0 Å². The molecule has 0 aromatic carbocycles. The van der Waals surface area contributed by atoms with Gasteiger partial charge in [0.05, 0.1) is 16.7 Å². The van der Waals surface area contributed by atoms with Gasteiger partial charge in [0.1, 0.15) is 6.33 Å². The summed E-state index contributed by atoms with van der Waals surface area (Å²) >= 11 is 0. The third-order valence-corrected chi connectivity index (χ3v) is 7.52. The third kappa shape index (κ3) is 3.35. The molecule has 162 valence electrons. The molecule has 1 N–H and O–H groups in total. The highest BCUT2D eigenvalue weighted by molar-refractivity contribution is 5.89. The Balaban J connectivity index is 1.63. The Hall–Kier alpha value is -2.69. The number of aromatic amines is 1. The molecule has 4 aromatic rings. The van der Waals surface area contributed by atoms with Gasteiger partial charge in [-0.3, -0.25) is 4.98 Å². The number of pyridine rings is 2. The van der Waals surface area contributed by atoms with E-state index in [9.17, 15) is 0 Å². The van der Waals surface area contributed by atoms with Crippen LogP contribution in [-0.2, 0) is 0 Å². The zero-order valence-electron chi connectivity index (χ0n) is 19.4. The first-order chi connectivity index (χ1) is 15.0. The minimum Gasteiger partial charge on any atom is -0.353 e. The fraction of sp³-hybridized carbons (Fsp3) is 0.500. The van der Waals surface area contributed by atoms with Crippen molar-refractivity contribution in [1.29, 1.82) is 0 Å². The van der Waals surface area contributed by atoms with Gasteiger partial charge in [-0.1, -0.05) is 27.2 Å². The molecule has 0 bridgehead atoms. The van der Waals surface area contributed by atoms with E-state index in [0.717, 1.165) is 22.6 Å². The van der Waals surface area contributed by atoms with E-state index in [1.54, 1.807) is 6.33 Å². The zero-order valence-corrected chi connectivity index (χ0v) is 19.4. The number of nitrogens with zero attached hydrogens (tertiary/aromatic N) is 4. The van der Waals surface area contributed by atoms with Crippen LogP contribution >= 0.6 is 0 Å². The van der Waals surface area contributed by atoms with Crippen LogP contribution < -0.4 is 0 Å². The monoisotopic (exact) mass is 415 g/mol. The Morgan fingerprint density at radius 1 is 1.10 bits per heavy atom. The average molecular weight is 416 g/mol. The fourth-order valence-corrected chi connectivity index (χ4v) is 5.42. The topological polar surface area (TPSA) is 58.9 Å². The van der Waals surface area contributed by atoms with Crippen LogP contribution in [0.1, 0.15) is 87.1 Å². The summed E-state index contributed by atoms with van der Waals surface area (Å²) < 4.78 is 1.89. The molecule has 0 aliphatic heterocycles. The highest BCUT2D eigenvalue weighted by Gasteiger charge is 2.25. The maximum absolute atomic E-state index is 5.26. The lowest BCUT2D eigenvalue weighted by Crippen LogP contribution is -2.13. The molecule has 4 heterocycles.